The van der Waals surface area contributed by atoms with E-state index in [1.54, 1.807) is 6.92 Å². The number of aromatic nitrogens is 1. The van der Waals surface area contributed by atoms with E-state index in [9.17, 15) is 5.11 Å². The summed E-state index contributed by atoms with van der Waals surface area (Å²) in [6.45, 7) is 1.75. The summed E-state index contributed by atoms with van der Waals surface area (Å²) in [6, 6.07) is 3.97. The monoisotopic (exact) mass is 217 g/mol. The average molecular weight is 218 g/mol. The molecule has 2 N–H and O–H groups in total. The van der Waals surface area contributed by atoms with Gasteiger partial charge in [0.1, 0.15) is 4.51 Å². The van der Waals surface area contributed by atoms with E-state index in [2.05, 4.69) is 20.9 Å². The van der Waals surface area contributed by atoms with E-state index < -0.39 is 4.51 Å². The zero-order valence-corrected chi connectivity index (χ0v) is 8.06. The molecule has 2 nitrogen and oxygen atoms in total. The summed E-state index contributed by atoms with van der Waals surface area (Å²) >= 11 is 3.17. The van der Waals surface area contributed by atoms with Gasteiger partial charge in [0, 0.05) is 11.9 Å². The molecule has 0 saturated heterocycles. The predicted octanol–water partition coefficient (Wildman–Crippen LogP) is 2.05. The summed E-state index contributed by atoms with van der Waals surface area (Å²) in [7, 11) is 0. The highest BCUT2D eigenvalue weighted by Gasteiger charge is 2.14. The van der Waals surface area contributed by atoms with E-state index in [0.717, 1.165) is 12.1 Å². The minimum absolute atomic E-state index is 0.716. The molecule has 0 spiro atoms. The highest BCUT2D eigenvalue weighted by Crippen LogP contribution is 2.19. The Labute approximate surface area is 74.8 Å². The average Bonchev–Trinajstić information content (AvgIpc) is 2.32. The number of aryl methyl sites for hydroxylation is 1. The van der Waals surface area contributed by atoms with Gasteiger partial charge in [-0.15, -0.1) is 0 Å². The Bertz CT molecular complexity index is 200. The maximum absolute atomic E-state index is 9.32. The van der Waals surface area contributed by atoms with Gasteiger partial charge in [-0.05, 0) is 31.9 Å². The molecule has 1 heterocycles. The van der Waals surface area contributed by atoms with Gasteiger partial charge < -0.3 is 10.1 Å². The van der Waals surface area contributed by atoms with E-state index in [0.29, 0.717) is 6.42 Å². The summed E-state index contributed by atoms with van der Waals surface area (Å²) in [5.74, 6) is 0. The topological polar surface area (TPSA) is 36.0 Å². The molecule has 62 valence electrons. The van der Waals surface area contributed by atoms with E-state index in [1.165, 1.54) is 0 Å². The number of H-pyrrole nitrogens is 1. The Morgan fingerprint density at radius 2 is 2.45 bits per heavy atom. The smallest absolute Gasteiger partial charge is 0.117 e. The summed E-state index contributed by atoms with van der Waals surface area (Å²) in [6.07, 6.45) is 3.47. The number of aromatic amines is 1. The summed E-state index contributed by atoms with van der Waals surface area (Å²) in [4.78, 5) is 3.08. The molecule has 0 aliphatic heterocycles. The zero-order chi connectivity index (χ0) is 8.32. The maximum Gasteiger partial charge on any atom is 0.117 e. The molecular formula is C8H12BrNO. The fourth-order valence-electron chi connectivity index (χ4n) is 0.886. The Hall–Kier alpha value is -0.280. The van der Waals surface area contributed by atoms with Crippen LogP contribution in [0.3, 0.4) is 0 Å². The van der Waals surface area contributed by atoms with Crippen molar-refractivity contribution in [1.29, 1.82) is 0 Å². The molecule has 11 heavy (non-hydrogen) atoms. The lowest BCUT2D eigenvalue weighted by Crippen LogP contribution is -2.14. The Morgan fingerprint density at radius 1 is 1.73 bits per heavy atom. The third-order valence-electron chi connectivity index (χ3n) is 1.51. The van der Waals surface area contributed by atoms with Crippen molar-refractivity contribution in [3.8, 4) is 0 Å². The highest BCUT2D eigenvalue weighted by molar-refractivity contribution is 9.10. The van der Waals surface area contributed by atoms with Crippen LogP contribution in [0.4, 0.5) is 0 Å². The molecule has 3 heteroatoms. The van der Waals surface area contributed by atoms with Crippen molar-refractivity contribution >= 4 is 15.9 Å². The van der Waals surface area contributed by atoms with Crippen molar-refractivity contribution < 1.29 is 5.11 Å². The lowest BCUT2D eigenvalue weighted by atomic mass is 10.2. The lowest BCUT2D eigenvalue weighted by Gasteiger charge is -2.13. The quantitative estimate of drug-likeness (QED) is 0.748. The molecule has 1 aromatic heterocycles. The first-order valence-electron chi connectivity index (χ1n) is 3.61. The van der Waals surface area contributed by atoms with Crippen molar-refractivity contribution in [2.24, 2.45) is 0 Å². The standard InChI is InChI=1S/C8H12BrNO/c1-8(9,11)5-4-7-3-2-6-10-7/h2-3,6,10-11H,4-5H2,1H3. The normalized spacial score (nSPS) is 16.3. The van der Waals surface area contributed by atoms with Gasteiger partial charge in [0.2, 0.25) is 0 Å². The largest absolute Gasteiger partial charge is 0.379 e. The van der Waals surface area contributed by atoms with Gasteiger partial charge >= 0.3 is 0 Å². The number of alkyl halides is 1. The van der Waals surface area contributed by atoms with Gasteiger partial charge in [-0.25, -0.2) is 0 Å². The highest BCUT2D eigenvalue weighted by atomic mass is 79.9. The van der Waals surface area contributed by atoms with Crippen LogP contribution in [-0.2, 0) is 6.42 Å². The van der Waals surface area contributed by atoms with E-state index in [1.807, 2.05) is 18.3 Å². The van der Waals surface area contributed by atoms with Crippen LogP contribution in [0.5, 0.6) is 0 Å². The second-order valence-electron chi connectivity index (χ2n) is 2.84. The van der Waals surface area contributed by atoms with Crippen LogP contribution in [0.1, 0.15) is 19.0 Å². The molecule has 0 radical (unpaired) electrons. The van der Waals surface area contributed by atoms with Crippen molar-refractivity contribution in [2.75, 3.05) is 0 Å². The minimum atomic E-state index is -0.738. The van der Waals surface area contributed by atoms with Gasteiger partial charge in [0.15, 0.2) is 0 Å². The van der Waals surface area contributed by atoms with Crippen molar-refractivity contribution in [1.82, 2.24) is 4.98 Å². The molecule has 1 atom stereocenters. The van der Waals surface area contributed by atoms with Crippen LogP contribution < -0.4 is 0 Å². The van der Waals surface area contributed by atoms with Gasteiger partial charge in [-0.2, -0.15) is 0 Å². The number of hydrogen-bond acceptors (Lipinski definition) is 1. The Morgan fingerprint density at radius 3 is 2.91 bits per heavy atom. The predicted molar refractivity (Wildman–Crippen MR) is 48.7 cm³/mol. The van der Waals surface area contributed by atoms with Crippen LogP contribution in [0.2, 0.25) is 0 Å². The second-order valence-corrected chi connectivity index (χ2v) is 4.55. The van der Waals surface area contributed by atoms with E-state index in [4.69, 9.17) is 0 Å². The molecule has 0 aliphatic carbocycles. The van der Waals surface area contributed by atoms with Gasteiger partial charge in [-0.3, -0.25) is 0 Å². The number of nitrogens with one attached hydrogen (secondary N) is 1. The lowest BCUT2D eigenvalue weighted by molar-refractivity contribution is 0.155. The maximum atomic E-state index is 9.32. The van der Waals surface area contributed by atoms with Crippen LogP contribution in [0, 0.1) is 0 Å². The molecule has 0 aromatic carbocycles. The number of hydrogen-bond donors (Lipinski definition) is 2. The molecule has 1 aromatic rings. The molecular weight excluding hydrogens is 206 g/mol. The Kier molecular flexibility index (Phi) is 2.73. The molecule has 0 aliphatic rings. The fourth-order valence-corrected chi connectivity index (χ4v) is 1.08. The van der Waals surface area contributed by atoms with Crippen molar-refractivity contribution in [2.45, 2.75) is 24.3 Å². The number of halogens is 1. The molecule has 0 saturated carbocycles. The van der Waals surface area contributed by atoms with Crippen molar-refractivity contribution in [3.63, 3.8) is 0 Å². The van der Waals surface area contributed by atoms with Gasteiger partial charge in [-0.1, -0.05) is 15.9 Å². The fraction of sp³-hybridized carbons (Fsp3) is 0.500. The van der Waals surface area contributed by atoms with Crippen LogP contribution in [0.15, 0.2) is 18.3 Å². The van der Waals surface area contributed by atoms with Gasteiger partial charge in [0.25, 0.3) is 0 Å². The molecule has 0 fully saturated rings. The molecule has 0 bridgehead atoms. The molecule has 1 rings (SSSR count). The minimum Gasteiger partial charge on any atom is -0.379 e. The summed E-state index contributed by atoms with van der Waals surface area (Å²) < 4.78 is -0.738. The van der Waals surface area contributed by atoms with Gasteiger partial charge in [0.05, 0.1) is 0 Å². The first-order valence-corrected chi connectivity index (χ1v) is 4.41. The van der Waals surface area contributed by atoms with E-state index in [-0.39, 0.29) is 0 Å². The van der Waals surface area contributed by atoms with Crippen LogP contribution in [0.25, 0.3) is 0 Å². The third-order valence-corrected chi connectivity index (χ3v) is 1.91. The van der Waals surface area contributed by atoms with E-state index >= 15 is 0 Å². The van der Waals surface area contributed by atoms with Crippen molar-refractivity contribution in [3.05, 3.63) is 24.0 Å². The second kappa shape index (κ2) is 3.41. The summed E-state index contributed by atoms with van der Waals surface area (Å²) in [5, 5.41) is 9.32. The van der Waals surface area contributed by atoms with Crippen LogP contribution in [-0.4, -0.2) is 14.6 Å². The first kappa shape index (κ1) is 8.81. The SMILES string of the molecule is CC(O)(Br)CCc1ccc[nH]1. The summed E-state index contributed by atoms with van der Waals surface area (Å²) in [5.41, 5.74) is 1.16. The number of aliphatic hydroxyl groups is 1. The third kappa shape index (κ3) is 3.58. The molecule has 0 amide bonds. The van der Waals surface area contributed by atoms with Crippen LogP contribution >= 0.6 is 15.9 Å². The molecule has 1 unspecified atom stereocenters. The zero-order valence-electron chi connectivity index (χ0n) is 6.47. The Balaban J connectivity index is 2.35. The first-order chi connectivity index (χ1) is 5.08. The number of rotatable bonds is 3.